The molecular weight excluding hydrogens is 567 g/mol. The van der Waals surface area contributed by atoms with Crippen molar-refractivity contribution in [1.82, 2.24) is 4.57 Å². The molecule has 0 atom stereocenters. The first-order valence-corrected chi connectivity index (χ1v) is 17.7. The van der Waals surface area contributed by atoms with Gasteiger partial charge in [-0.15, -0.1) is 0 Å². The van der Waals surface area contributed by atoms with Crippen molar-refractivity contribution in [2.75, 3.05) is 0 Å². The van der Waals surface area contributed by atoms with Crippen LogP contribution in [0.2, 0.25) is 0 Å². The highest BCUT2D eigenvalue weighted by atomic mass is 15.0. The third-order valence-corrected chi connectivity index (χ3v) is 12.8. The smallest absolute Gasteiger partial charge is 0.0547 e. The molecule has 0 saturated heterocycles. The molecule has 0 radical (unpaired) electrons. The van der Waals surface area contributed by atoms with Gasteiger partial charge in [-0.05, 0) is 131 Å². The fraction of sp³-hybridized carbons (Fsp3) is 0.217. The largest absolute Gasteiger partial charge is 0.309 e. The lowest BCUT2D eigenvalue weighted by Gasteiger charge is -2.61. The standard InChI is InChI=1S/C46H37N/c1-2-8-31(9-3-1)32-14-18-37(19-15-32)47-44-13-7-5-11-39(44)40-20-16-34(28-45(40)47)33-17-21-43-41(27-33)38-10-4-6-12-42(38)46(43)35-23-29-22-30(25-35)26-36(46)24-29/h1-21,27-30,35-36H,22-26H2. The zero-order chi connectivity index (χ0) is 30.7. The summed E-state index contributed by atoms with van der Waals surface area (Å²) in [5.41, 5.74) is 15.3. The molecule has 6 aromatic carbocycles. The van der Waals surface area contributed by atoms with Gasteiger partial charge in [0, 0.05) is 21.9 Å². The van der Waals surface area contributed by atoms with Crippen molar-refractivity contribution in [3.63, 3.8) is 0 Å². The van der Waals surface area contributed by atoms with Gasteiger partial charge in [0.2, 0.25) is 0 Å². The Kier molecular flexibility index (Phi) is 5.34. The van der Waals surface area contributed by atoms with E-state index < -0.39 is 0 Å². The molecule has 0 N–H and O–H groups in total. The van der Waals surface area contributed by atoms with Crippen LogP contribution in [0.3, 0.4) is 0 Å². The second-order valence-electron chi connectivity index (χ2n) is 15.0. The van der Waals surface area contributed by atoms with Crippen molar-refractivity contribution in [1.29, 1.82) is 0 Å². The summed E-state index contributed by atoms with van der Waals surface area (Å²) < 4.78 is 2.45. The summed E-state index contributed by atoms with van der Waals surface area (Å²) in [7, 11) is 0. The van der Waals surface area contributed by atoms with E-state index in [-0.39, 0.29) is 5.41 Å². The van der Waals surface area contributed by atoms with Crippen LogP contribution in [-0.4, -0.2) is 4.57 Å². The van der Waals surface area contributed by atoms with Gasteiger partial charge in [-0.3, -0.25) is 0 Å². The van der Waals surface area contributed by atoms with Gasteiger partial charge in [0.15, 0.2) is 0 Å². The molecule has 226 valence electrons. The molecule has 12 rings (SSSR count). The Labute approximate surface area is 276 Å². The van der Waals surface area contributed by atoms with Crippen LogP contribution in [-0.2, 0) is 5.41 Å². The monoisotopic (exact) mass is 603 g/mol. The number of hydrogen-bond acceptors (Lipinski definition) is 0. The second-order valence-corrected chi connectivity index (χ2v) is 15.0. The van der Waals surface area contributed by atoms with Crippen LogP contribution in [0, 0.1) is 23.7 Å². The minimum absolute atomic E-state index is 0.222. The molecule has 0 amide bonds. The van der Waals surface area contributed by atoms with E-state index in [2.05, 4.69) is 144 Å². The third kappa shape index (κ3) is 3.55. The first-order chi connectivity index (χ1) is 23.3. The van der Waals surface area contributed by atoms with Crippen molar-refractivity contribution in [3.05, 3.63) is 151 Å². The third-order valence-electron chi connectivity index (χ3n) is 12.8. The first-order valence-electron chi connectivity index (χ1n) is 17.7. The predicted molar refractivity (Wildman–Crippen MR) is 195 cm³/mol. The number of fused-ring (bicyclic) bond motifs is 6. The zero-order valence-electron chi connectivity index (χ0n) is 26.6. The Bertz CT molecular complexity index is 2330. The van der Waals surface area contributed by atoms with Crippen LogP contribution in [0.5, 0.6) is 0 Å². The van der Waals surface area contributed by atoms with Crippen LogP contribution in [0.15, 0.2) is 140 Å². The quantitative estimate of drug-likeness (QED) is 0.189. The lowest BCUT2D eigenvalue weighted by atomic mass is 9.43. The molecule has 1 heteroatoms. The lowest BCUT2D eigenvalue weighted by Crippen LogP contribution is -2.55. The molecule has 1 spiro atoms. The molecule has 5 aliphatic carbocycles. The van der Waals surface area contributed by atoms with E-state index >= 15 is 0 Å². The number of hydrogen-bond donors (Lipinski definition) is 0. The van der Waals surface area contributed by atoms with Gasteiger partial charge in [-0.2, -0.15) is 0 Å². The minimum atomic E-state index is 0.222. The summed E-state index contributed by atoms with van der Waals surface area (Å²) in [6.45, 7) is 0. The van der Waals surface area contributed by atoms with E-state index in [0.717, 1.165) is 23.7 Å². The highest BCUT2D eigenvalue weighted by molar-refractivity contribution is 6.10. The second kappa shape index (κ2) is 9.58. The maximum atomic E-state index is 2.55. The highest BCUT2D eigenvalue weighted by Crippen LogP contribution is 2.69. The molecule has 4 fully saturated rings. The molecule has 1 nitrogen and oxygen atoms in total. The number of para-hydroxylation sites is 1. The van der Waals surface area contributed by atoms with Crippen LogP contribution in [0.4, 0.5) is 0 Å². The summed E-state index contributed by atoms with van der Waals surface area (Å²) >= 11 is 0. The number of rotatable bonds is 3. The Morgan fingerprint density at radius 2 is 1.02 bits per heavy atom. The van der Waals surface area contributed by atoms with E-state index in [1.54, 1.807) is 11.1 Å². The van der Waals surface area contributed by atoms with Crippen LogP contribution in [0.1, 0.15) is 43.2 Å². The van der Waals surface area contributed by atoms with Gasteiger partial charge < -0.3 is 4.57 Å². The van der Waals surface area contributed by atoms with Gasteiger partial charge in [0.25, 0.3) is 0 Å². The number of benzene rings is 6. The van der Waals surface area contributed by atoms with Gasteiger partial charge >= 0.3 is 0 Å². The van der Waals surface area contributed by atoms with Crippen LogP contribution in [0.25, 0.3) is 60.9 Å². The average molecular weight is 604 g/mol. The fourth-order valence-corrected chi connectivity index (χ4v) is 11.2. The lowest BCUT2D eigenvalue weighted by molar-refractivity contribution is -0.0399. The van der Waals surface area contributed by atoms with E-state index in [0.29, 0.717) is 0 Å². The van der Waals surface area contributed by atoms with Crippen LogP contribution < -0.4 is 0 Å². The van der Waals surface area contributed by atoms with Crippen molar-refractivity contribution in [3.8, 4) is 39.1 Å². The van der Waals surface area contributed by atoms with Gasteiger partial charge in [0.1, 0.15) is 0 Å². The van der Waals surface area contributed by atoms with E-state index in [1.807, 2.05) is 0 Å². The highest BCUT2D eigenvalue weighted by Gasteiger charge is 2.61. The summed E-state index contributed by atoms with van der Waals surface area (Å²) in [5, 5.41) is 2.60. The van der Waals surface area contributed by atoms with Gasteiger partial charge in [0.05, 0.1) is 11.0 Å². The summed E-state index contributed by atoms with van der Waals surface area (Å²) in [6.07, 6.45) is 7.20. The maximum absolute atomic E-state index is 2.55. The average Bonchev–Trinajstić information content (AvgIpc) is 3.61. The van der Waals surface area contributed by atoms with Gasteiger partial charge in [-0.1, -0.05) is 109 Å². The molecule has 4 bridgehead atoms. The summed E-state index contributed by atoms with van der Waals surface area (Å²) in [6, 6.07) is 52.7. The summed E-state index contributed by atoms with van der Waals surface area (Å²) in [4.78, 5) is 0. The molecule has 1 aromatic heterocycles. The van der Waals surface area contributed by atoms with E-state index in [4.69, 9.17) is 0 Å². The predicted octanol–water partition coefficient (Wildman–Crippen LogP) is 11.8. The van der Waals surface area contributed by atoms with Crippen molar-refractivity contribution < 1.29 is 0 Å². The fourth-order valence-electron chi connectivity index (χ4n) is 11.2. The van der Waals surface area contributed by atoms with E-state index in [9.17, 15) is 0 Å². The Morgan fingerprint density at radius 3 is 1.83 bits per heavy atom. The van der Waals surface area contributed by atoms with Crippen molar-refractivity contribution in [2.45, 2.75) is 37.5 Å². The maximum Gasteiger partial charge on any atom is 0.0547 e. The molecule has 47 heavy (non-hydrogen) atoms. The molecule has 5 aliphatic rings. The molecule has 0 aliphatic heterocycles. The molecule has 0 unspecified atom stereocenters. The Balaban J connectivity index is 1.07. The zero-order valence-corrected chi connectivity index (χ0v) is 26.6. The van der Waals surface area contributed by atoms with Crippen LogP contribution >= 0.6 is 0 Å². The normalized spacial score (nSPS) is 25.1. The molecule has 7 aromatic rings. The first kappa shape index (κ1) is 26.2. The van der Waals surface area contributed by atoms with E-state index in [1.165, 1.54) is 93.0 Å². The van der Waals surface area contributed by atoms with Crippen molar-refractivity contribution >= 4 is 21.8 Å². The number of nitrogens with zero attached hydrogens (tertiary/aromatic N) is 1. The minimum Gasteiger partial charge on any atom is -0.309 e. The Morgan fingerprint density at radius 1 is 0.426 bits per heavy atom. The van der Waals surface area contributed by atoms with Crippen molar-refractivity contribution in [2.24, 2.45) is 23.7 Å². The molecular formula is C46H37N. The SMILES string of the molecule is c1ccc(-c2ccc(-n3c4ccccc4c4ccc(-c5ccc6c(c5)-c5ccccc5C65C6CC7CC(C6)CC5C7)cc43)cc2)cc1. The van der Waals surface area contributed by atoms with Gasteiger partial charge in [-0.25, -0.2) is 0 Å². The topological polar surface area (TPSA) is 4.93 Å². The molecule has 4 saturated carbocycles. The number of aromatic nitrogens is 1. The summed E-state index contributed by atoms with van der Waals surface area (Å²) in [5.74, 6) is 3.53. The Hall–Kier alpha value is -4.88. The molecule has 1 heterocycles.